The van der Waals surface area contributed by atoms with Gasteiger partial charge in [-0.3, -0.25) is 0 Å². The summed E-state index contributed by atoms with van der Waals surface area (Å²) in [7, 11) is 0. The molecule has 4 nitrogen and oxygen atoms in total. The van der Waals surface area contributed by atoms with Gasteiger partial charge in [0.2, 0.25) is 0 Å². The zero-order chi connectivity index (χ0) is 9.14. The Bertz CT molecular complexity index is 191. The Morgan fingerprint density at radius 2 is 2.08 bits per heavy atom. The van der Waals surface area contributed by atoms with Crippen molar-refractivity contribution in [3.05, 3.63) is 11.5 Å². The van der Waals surface area contributed by atoms with Crippen LogP contribution >= 0.6 is 0 Å². The van der Waals surface area contributed by atoms with Crippen LogP contribution in [0.1, 0.15) is 19.3 Å². The molecule has 2 atom stereocenters. The summed E-state index contributed by atoms with van der Waals surface area (Å²) in [5.74, 6) is 0.0418. The van der Waals surface area contributed by atoms with Gasteiger partial charge in [-0.15, -0.1) is 0 Å². The summed E-state index contributed by atoms with van der Waals surface area (Å²) < 4.78 is 0. The fourth-order valence-electron chi connectivity index (χ4n) is 1.46. The Labute approximate surface area is 71.3 Å². The van der Waals surface area contributed by atoms with Crippen LogP contribution in [-0.2, 0) is 0 Å². The van der Waals surface area contributed by atoms with Crippen LogP contribution in [0, 0.1) is 5.92 Å². The van der Waals surface area contributed by atoms with Crippen molar-refractivity contribution in [3.8, 4) is 0 Å². The van der Waals surface area contributed by atoms with Crippen LogP contribution in [0.4, 0.5) is 0 Å². The molecular weight excluding hydrogens is 158 g/mol. The Balaban J connectivity index is 2.54. The van der Waals surface area contributed by atoms with E-state index in [0.29, 0.717) is 19.3 Å². The van der Waals surface area contributed by atoms with Gasteiger partial charge in [-0.05, 0) is 12.3 Å². The van der Waals surface area contributed by atoms with Gasteiger partial charge in [-0.1, -0.05) is 0 Å². The summed E-state index contributed by atoms with van der Waals surface area (Å²) in [5.41, 5.74) is 5.27. The number of hydrogen-bond acceptors (Lipinski definition) is 4. The third-order valence-electron chi connectivity index (χ3n) is 2.33. The minimum Gasteiger partial charge on any atom is -0.509 e. The molecule has 0 aromatic rings. The lowest BCUT2D eigenvalue weighted by atomic mass is 9.87. The first-order chi connectivity index (χ1) is 5.65. The number of allylic oxidation sites excluding steroid dienone is 2. The predicted molar refractivity (Wildman–Crippen MR) is 44.7 cm³/mol. The molecule has 0 amide bonds. The van der Waals surface area contributed by atoms with Crippen molar-refractivity contribution in [2.45, 2.75) is 25.4 Å². The number of aliphatic hydroxyl groups is 3. The molecule has 0 fully saturated rings. The molecule has 4 heteroatoms. The first-order valence-electron chi connectivity index (χ1n) is 4.13. The molecule has 12 heavy (non-hydrogen) atoms. The summed E-state index contributed by atoms with van der Waals surface area (Å²) in [4.78, 5) is 0. The smallest absolute Gasteiger partial charge is 0.130 e. The van der Waals surface area contributed by atoms with Gasteiger partial charge >= 0.3 is 0 Å². The molecule has 0 spiro atoms. The summed E-state index contributed by atoms with van der Waals surface area (Å²) >= 11 is 0. The third-order valence-corrected chi connectivity index (χ3v) is 2.33. The maximum Gasteiger partial charge on any atom is 0.130 e. The molecule has 0 aromatic carbocycles. The Kier molecular flexibility index (Phi) is 2.94. The van der Waals surface area contributed by atoms with Gasteiger partial charge in [0, 0.05) is 19.4 Å². The van der Waals surface area contributed by atoms with Crippen LogP contribution in [0.2, 0.25) is 0 Å². The average molecular weight is 173 g/mol. The van der Waals surface area contributed by atoms with Crippen molar-refractivity contribution in [2.75, 3.05) is 6.54 Å². The van der Waals surface area contributed by atoms with E-state index in [-0.39, 0.29) is 24.0 Å². The van der Waals surface area contributed by atoms with Crippen molar-refractivity contribution in [1.82, 2.24) is 0 Å². The molecule has 0 aliphatic heterocycles. The normalized spacial score (nSPS) is 27.3. The molecule has 0 radical (unpaired) electrons. The fraction of sp³-hybridized carbons (Fsp3) is 0.750. The lowest BCUT2D eigenvalue weighted by Gasteiger charge is -2.25. The van der Waals surface area contributed by atoms with Crippen LogP contribution in [0.15, 0.2) is 11.5 Å². The van der Waals surface area contributed by atoms with Crippen molar-refractivity contribution >= 4 is 0 Å². The second-order valence-corrected chi connectivity index (χ2v) is 3.20. The molecule has 1 rings (SSSR count). The van der Waals surface area contributed by atoms with Crippen LogP contribution in [0.25, 0.3) is 0 Å². The highest BCUT2D eigenvalue weighted by Gasteiger charge is 2.25. The summed E-state index contributed by atoms with van der Waals surface area (Å²) in [6, 6.07) is 0. The molecule has 1 aliphatic carbocycles. The maximum absolute atomic E-state index is 9.35. The summed E-state index contributed by atoms with van der Waals surface area (Å²) in [6.45, 7) is 0.207. The molecule has 1 unspecified atom stereocenters. The fourth-order valence-corrected chi connectivity index (χ4v) is 1.46. The van der Waals surface area contributed by atoms with Crippen LogP contribution in [0.5, 0.6) is 0 Å². The zero-order valence-electron chi connectivity index (χ0n) is 6.90. The van der Waals surface area contributed by atoms with Gasteiger partial charge in [0.25, 0.3) is 0 Å². The van der Waals surface area contributed by atoms with E-state index in [0.717, 1.165) is 0 Å². The van der Waals surface area contributed by atoms with E-state index in [1.165, 1.54) is 0 Å². The Morgan fingerprint density at radius 3 is 2.58 bits per heavy atom. The van der Waals surface area contributed by atoms with E-state index < -0.39 is 6.10 Å². The quantitative estimate of drug-likeness (QED) is 0.488. The highest BCUT2D eigenvalue weighted by Crippen LogP contribution is 2.28. The van der Waals surface area contributed by atoms with Crippen LogP contribution in [-0.4, -0.2) is 28.0 Å². The van der Waals surface area contributed by atoms with E-state index >= 15 is 0 Å². The Morgan fingerprint density at radius 1 is 1.42 bits per heavy atom. The summed E-state index contributed by atoms with van der Waals surface area (Å²) in [6.07, 6.45) is 0.895. The van der Waals surface area contributed by atoms with Crippen molar-refractivity contribution in [2.24, 2.45) is 11.7 Å². The third kappa shape index (κ3) is 1.89. The lowest BCUT2D eigenvalue weighted by molar-refractivity contribution is 0.0898. The van der Waals surface area contributed by atoms with Gasteiger partial charge in [0.1, 0.15) is 11.5 Å². The first kappa shape index (κ1) is 9.35. The second kappa shape index (κ2) is 3.78. The minimum absolute atomic E-state index is 0.00116. The average Bonchev–Trinajstić information content (AvgIpc) is 2.08. The van der Waals surface area contributed by atoms with Crippen LogP contribution in [0.3, 0.4) is 0 Å². The maximum atomic E-state index is 9.35. The monoisotopic (exact) mass is 173 g/mol. The molecule has 0 saturated carbocycles. The molecule has 0 bridgehead atoms. The number of nitrogens with two attached hydrogens (primary N) is 1. The number of rotatable bonds is 2. The highest BCUT2D eigenvalue weighted by atomic mass is 16.3. The summed E-state index contributed by atoms with van der Waals surface area (Å²) in [5, 5.41) is 27.6. The topological polar surface area (TPSA) is 86.7 Å². The van der Waals surface area contributed by atoms with Gasteiger partial charge in [-0.25, -0.2) is 0 Å². The molecule has 0 saturated heterocycles. The van der Waals surface area contributed by atoms with Crippen LogP contribution < -0.4 is 5.73 Å². The minimum atomic E-state index is -0.569. The first-order valence-corrected chi connectivity index (χ1v) is 4.13. The van der Waals surface area contributed by atoms with E-state index in [9.17, 15) is 10.2 Å². The van der Waals surface area contributed by atoms with Gasteiger partial charge < -0.3 is 21.1 Å². The molecule has 5 N–H and O–H groups in total. The molecule has 0 aromatic heterocycles. The standard InChI is InChI=1S/C8H15NO3/c9-4-8(12)5-1-2-6(10)7(11)3-5/h5,8,10-12H,1-4,9H2/t5?,8-/m1/s1. The van der Waals surface area contributed by atoms with Crippen molar-refractivity contribution in [3.63, 3.8) is 0 Å². The predicted octanol–water partition coefficient (Wildman–Crippen LogP) is 0.434. The van der Waals surface area contributed by atoms with E-state index in [1.54, 1.807) is 0 Å². The SMILES string of the molecule is NC[C@@H](O)C1CCC(O)=C(O)C1. The zero-order valence-corrected chi connectivity index (χ0v) is 6.90. The van der Waals surface area contributed by atoms with Gasteiger partial charge in [0.15, 0.2) is 0 Å². The lowest BCUT2D eigenvalue weighted by Crippen LogP contribution is -2.31. The van der Waals surface area contributed by atoms with Crippen molar-refractivity contribution in [1.29, 1.82) is 0 Å². The van der Waals surface area contributed by atoms with Crippen molar-refractivity contribution < 1.29 is 15.3 Å². The van der Waals surface area contributed by atoms with Gasteiger partial charge in [0.05, 0.1) is 6.10 Å². The van der Waals surface area contributed by atoms with Gasteiger partial charge in [-0.2, -0.15) is 0 Å². The highest BCUT2D eigenvalue weighted by molar-refractivity contribution is 5.04. The van der Waals surface area contributed by atoms with E-state index in [2.05, 4.69) is 0 Å². The largest absolute Gasteiger partial charge is 0.509 e. The molecule has 1 aliphatic rings. The number of hydrogen-bond donors (Lipinski definition) is 4. The second-order valence-electron chi connectivity index (χ2n) is 3.20. The molecule has 0 heterocycles. The molecular formula is C8H15NO3. The van der Waals surface area contributed by atoms with E-state index in [4.69, 9.17) is 10.8 Å². The van der Waals surface area contributed by atoms with E-state index in [1.807, 2.05) is 0 Å². The number of aliphatic hydroxyl groups excluding tert-OH is 3. The molecule has 70 valence electrons. The Hall–Kier alpha value is -0.740.